The quantitative estimate of drug-likeness (QED) is 0.747. The molecule has 0 aliphatic carbocycles. The summed E-state index contributed by atoms with van der Waals surface area (Å²) in [5.41, 5.74) is 1.32. The molecule has 0 bridgehead atoms. The van der Waals surface area contributed by atoms with Gasteiger partial charge in [0.2, 0.25) is 11.8 Å². The van der Waals surface area contributed by atoms with Crippen molar-refractivity contribution in [3.05, 3.63) is 54.2 Å². The third-order valence-electron chi connectivity index (χ3n) is 3.49. The fourth-order valence-corrected chi connectivity index (χ4v) is 2.24. The number of aromatic nitrogens is 4. The van der Waals surface area contributed by atoms with Crippen molar-refractivity contribution in [2.75, 3.05) is 5.32 Å². The van der Waals surface area contributed by atoms with E-state index in [1.807, 2.05) is 37.3 Å². The number of alkyl halides is 3. The van der Waals surface area contributed by atoms with E-state index in [9.17, 15) is 13.2 Å². The topological polar surface area (TPSA) is 76.7 Å². The first-order valence-electron chi connectivity index (χ1n) is 7.52. The van der Waals surface area contributed by atoms with E-state index in [1.54, 1.807) is 0 Å². The average molecular weight is 349 g/mol. The van der Waals surface area contributed by atoms with Crippen LogP contribution in [0.4, 0.5) is 19.1 Å². The zero-order valence-electron chi connectivity index (χ0n) is 13.2. The summed E-state index contributed by atoms with van der Waals surface area (Å²) in [7, 11) is 0. The van der Waals surface area contributed by atoms with E-state index < -0.39 is 12.1 Å². The maximum Gasteiger partial charge on any atom is 0.471 e. The highest BCUT2D eigenvalue weighted by atomic mass is 19.4. The van der Waals surface area contributed by atoms with Crippen molar-refractivity contribution in [1.82, 2.24) is 20.1 Å². The molecule has 0 amide bonds. The Morgan fingerprint density at radius 2 is 1.80 bits per heavy atom. The van der Waals surface area contributed by atoms with Crippen molar-refractivity contribution in [3.8, 4) is 11.4 Å². The highest BCUT2D eigenvalue weighted by Crippen LogP contribution is 2.29. The van der Waals surface area contributed by atoms with Crippen LogP contribution in [0.1, 0.15) is 30.8 Å². The van der Waals surface area contributed by atoms with Crippen LogP contribution < -0.4 is 5.32 Å². The number of halogens is 3. The van der Waals surface area contributed by atoms with E-state index in [0.717, 1.165) is 12.0 Å². The number of hydrogen-bond acceptors (Lipinski definition) is 6. The summed E-state index contributed by atoms with van der Waals surface area (Å²) in [6.07, 6.45) is -1.18. The van der Waals surface area contributed by atoms with Crippen LogP contribution in [-0.4, -0.2) is 20.1 Å². The first-order chi connectivity index (χ1) is 12.0. The van der Waals surface area contributed by atoms with Gasteiger partial charge >= 0.3 is 12.1 Å². The van der Waals surface area contributed by atoms with Gasteiger partial charge in [0.25, 0.3) is 0 Å². The predicted molar refractivity (Wildman–Crippen MR) is 83.4 cm³/mol. The van der Waals surface area contributed by atoms with Crippen molar-refractivity contribution in [2.45, 2.75) is 25.6 Å². The summed E-state index contributed by atoms with van der Waals surface area (Å²) in [6.45, 7) is 2.02. The lowest BCUT2D eigenvalue weighted by Gasteiger charge is -2.17. The molecule has 0 saturated carbocycles. The van der Waals surface area contributed by atoms with Gasteiger partial charge in [0.15, 0.2) is 0 Å². The molecule has 3 aromatic rings. The first kappa shape index (κ1) is 16.9. The van der Waals surface area contributed by atoms with Gasteiger partial charge in [0.05, 0.1) is 11.6 Å². The van der Waals surface area contributed by atoms with Crippen LogP contribution >= 0.6 is 0 Å². The van der Waals surface area contributed by atoms with Crippen molar-refractivity contribution >= 4 is 5.95 Å². The summed E-state index contributed by atoms with van der Waals surface area (Å²) in [5, 5.41) is 6.49. The molecular weight excluding hydrogens is 335 g/mol. The zero-order chi connectivity index (χ0) is 17.9. The molecule has 25 heavy (non-hydrogen) atoms. The SMILES string of the molecule is CCC(Nc1ncc(-c2noc(C(F)(F)F)n2)cn1)c1ccccc1. The van der Waals surface area contributed by atoms with Crippen molar-refractivity contribution in [1.29, 1.82) is 0 Å². The molecule has 130 valence electrons. The minimum atomic E-state index is -4.68. The number of benzene rings is 1. The van der Waals surface area contributed by atoms with Gasteiger partial charge in [0, 0.05) is 12.4 Å². The Morgan fingerprint density at radius 1 is 1.12 bits per heavy atom. The molecule has 0 aliphatic heterocycles. The predicted octanol–water partition coefficient (Wildman–Crippen LogP) is 4.11. The summed E-state index contributed by atoms with van der Waals surface area (Å²) in [5.74, 6) is -1.26. The molecular formula is C16H14F3N5O. The Balaban J connectivity index is 1.75. The monoisotopic (exact) mass is 349 g/mol. The van der Waals surface area contributed by atoms with Gasteiger partial charge in [-0.3, -0.25) is 0 Å². The number of anilines is 1. The van der Waals surface area contributed by atoms with Gasteiger partial charge in [-0.15, -0.1) is 0 Å². The first-order valence-corrected chi connectivity index (χ1v) is 7.52. The fraction of sp³-hybridized carbons (Fsp3) is 0.250. The van der Waals surface area contributed by atoms with Gasteiger partial charge in [-0.1, -0.05) is 42.4 Å². The molecule has 0 aliphatic rings. The van der Waals surface area contributed by atoms with Gasteiger partial charge in [-0.05, 0) is 12.0 Å². The maximum atomic E-state index is 12.5. The largest absolute Gasteiger partial charge is 0.471 e. The Hall–Kier alpha value is -2.97. The smallest absolute Gasteiger partial charge is 0.347 e. The molecule has 0 spiro atoms. The molecule has 9 heteroatoms. The zero-order valence-corrected chi connectivity index (χ0v) is 13.2. The van der Waals surface area contributed by atoms with E-state index in [0.29, 0.717) is 5.95 Å². The number of nitrogens with zero attached hydrogens (tertiary/aromatic N) is 4. The van der Waals surface area contributed by atoms with Crippen LogP contribution in [0, 0.1) is 0 Å². The highest BCUT2D eigenvalue weighted by molar-refractivity contribution is 5.52. The normalized spacial score (nSPS) is 12.8. The minimum absolute atomic E-state index is 0.0223. The molecule has 6 nitrogen and oxygen atoms in total. The Kier molecular flexibility index (Phi) is 4.64. The van der Waals surface area contributed by atoms with E-state index in [-0.39, 0.29) is 17.4 Å². The van der Waals surface area contributed by atoms with Crippen LogP contribution in [0.5, 0.6) is 0 Å². The van der Waals surface area contributed by atoms with E-state index >= 15 is 0 Å². The van der Waals surface area contributed by atoms with Crippen LogP contribution in [0.3, 0.4) is 0 Å². The lowest BCUT2D eigenvalue weighted by Crippen LogP contribution is -2.11. The fourth-order valence-electron chi connectivity index (χ4n) is 2.24. The Labute approximate surface area is 141 Å². The number of rotatable bonds is 5. The molecule has 1 atom stereocenters. The molecule has 0 radical (unpaired) electrons. The number of hydrogen-bond donors (Lipinski definition) is 1. The van der Waals surface area contributed by atoms with Crippen molar-refractivity contribution in [3.63, 3.8) is 0 Å². The maximum absolute atomic E-state index is 12.5. The lowest BCUT2D eigenvalue weighted by molar-refractivity contribution is -0.159. The summed E-state index contributed by atoms with van der Waals surface area (Å²) >= 11 is 0. The molecule has 2 heterocycles. The second-order valence-electron chi connectivity index (χ2n) is 5.23. The van der Waals surface area contributed by atoms with Crippen LogP contribution in [0.25, 0.3) is 11.4 Å². The standard InChI is InChI=1S/C16H14F3N5O/c1-2-12(10-6-4-3-5-7-10)22-15-20-8-11(9-21-15)13-23-14(25-24-13)16(17,18)19/h3-9,12H,2H2,1H3,(H,20,21,22). The summed E-state index contributed by atoms with van der Waals surface area (Å²) < 4.78 is 41.7. The highest BCUT2D eigenvalue weighted by Gasteiger charge is 2.38. The third kappa shape index (κ3) is 3.93. The van der Waals surface area contributed by atoms with Gasteiger partial charge in [0.1, 0.15) is 0 Å². The second kappa shape index (κ2) is 6.88. The lowest BCUT2D eigenvalue weighted by atomic mass is 10.1. The molecule has 3 rings (SSSR count). The van der Waals surface area contributed by atoms with Crippen LogP contribution in [0.2, 0.25) is 0 Å². The van der Waals surface area contributed by atoms with E-state index in [1.165, 1.54) is 12.4 Å². The molecule has 0 saturated heterocycles. The van der Waals surface area contributed by atoms with E-state index in [2.05, 4.69) is 29.9 Å². The Bertz CT molecular complexity index is 818. The number of nitrogens with one attached hydrogen (secondary N) is 1. The third-order valence-corrected chi connectivity index (χ3v) is 3.49. The molecule has 1 unspecified atom stereocenters. The van der Waals surface area contributed by atoms with Gasteiger partial charge < -0.3 is 9.84 Å². The van der Waals surface area contributed by atoms with Crippen LogP contribution in [-0.2, 0) is 6.18 Å². The molecule has 0 fully saturated rings. The minimum Gasteiger partial charge on any atom is -0.347 e. The van der Waals surface area contributed by atoms with Crippen molar-refractivity contribution in [2.24, 2.45) is 0 Å². The van der Waals surface area contributed by atoms with Gasteiger partial charge in [-0.2, -0.15) is 18.2 Å². The molecule has 1 N–H and O–H groups in total. The van der Waals surface area contributed by atoms with Crippen LogP contribution in [0.15, 0.2) is 47.2 Å². The average Bonchev–Trinajstić information content (AvgIpc) is 3.11. The molecule has 1 aromatic carbocycles. The van der Waals surface area contributed by atoms with Gasteiger partial charge in [-0.25, -0.2) is 9.97 Å². The molecule has 2 aromatic heterocycles. The van der Waals surface area contributed by atoms with Crippen molar-refractivity contribution < 1.29 is 17.7 Å². The summed E-state index contributed by atoms with van der Waals surface area (Å²) in [4.78, 5) is 11.5. The Morgan fingerprint density at radius 3 is 2.36 bits per heavy atom. The van der Waals surface area contributed by atoms with E-state index in [4.69, 9.17) is 0 Å². The second-order valence-corrected chi connectivity index (χ2v) is 5.23. The summed E-state index contributed by atoms with van der Waals surface area (Å²) in [6, 6.07) is 9.83.